The highest BCUT2D eigenvalue weighted by Crippen LogP contribution is 2.22. The van der Waals surface area contributed by atoms with Gasteiger partial charge in [-0.3, -0.25) is 0 Å². The normalized spacial score (nSPS) is 15.7. The quantitative estimate of drug-likeness (QED) is 0.919. The zero-order valence-electron chi connectivity index (χ0n) is 11.8. The third-order valence-corrected chi connectivity index (χ3v) is 3.83. The van der Waals surface area contributed by atoms with Crippen molar-refractivity contribution in [2.75, 3.05) is 5.32 Å². The van der Waals surface area contributed by atoms with Crippen LogP contribution in [0.1, 0.15) is 36.9 Å². The van der Waals surface area contributed by atoms with E-state index in [1.54, 1.807) is 12.1 Å². The predicted octanol–water partition coefficient (Wildman–Crippen LogP) is 3.73. The van der Waals surface area contributed by atoms with Crippen LogP contribution in [0.4, 0.5) is 10.3 Å². The Labute approximate surface area is 118 Å². The molecule has 1 aromatic carbocycles. The Hall–Kier alpha value is -1.84. The molecular formula is C16H20FN3. The molecule has 1 saturated carbocycles. The van der Waals surface area contributed by atoms with Crippen LogP contribution in [0.5, 0.6) is 0 Å². The monoisotopic (exact) mass is 273 g/mol. The second kappa shape index (κ2) is 5.65. The first-order valence-electron chi connectivity index (χ1n) is 7.25. The summed E-state index contributed by atoms with van der Waals surface area (Å²) in [5, 5.41) is 3.52. The lowest BCUT2D eigenvalue weighted by Crippen LogP contribution is -2.18. The topological polar surface area (TPSA) is 29.9 Å². The van der Waals surface area contributed by atoms with Crippen LogP contribution >= 0.6 is 0 Å². The van der Waals surface area contributed by atoms with Crippen molar-refractivity contribution in [3.63, 3.8) is 0 Å². The molecule has 1 aliphatic carbocycles. The number of halogens is 1. The van der Waals surface area contributed by atoms with Gasteiger partial charge in [-0.05, 0) is 37.5 Å². The number of hydrogen-bond acceptors (Lipinski definition) is 2. The minimum absolute atomic E-state index is 0.190. The van der Waals surface area contributed by atoms with Crippen molar-refractivity contribution in [1.29, 1.82) is 0 Å². The number of aryl methyl sites for hydroxylation is 1. The van der Waals surface area contributed by atoms with E-state index in [2.05, 4.69) is 14.9 Å². The van der Waals surface area contributed by atoms with Crippen molar-refractivity contribution in [3.8, 4) is 0 Å². The maximum absolute atomic E-state index is 13.3. The molecule has 3 rings (SSSR count). The summed E-state index contributed by atoms with van der Waals surface area (Å²) >= 11 is 0. The van der Waals surface area contributed by atoms with Gasteiger partial charge in [0.2, 0.25) is 5.95 Å². The SMILES string of the molecule is Cc1cn(Cc2cccc(F)c2)c(NC2CCCC2)n1. The van der Waals surface area contributed by atoms with Gasteiger partial charge in [-0.25, -0.2) is 9.37 Å². The number of aromatic nitrogens is 2. The highest BCUT2D eigenvalue weighted by molar-refractivity contribution is 5.32. The van der Waals surface area contributed by atoms with E-state index in [1.165, 1.54) is 31.7 Å². The fourth-order valence-corrected chi connectivity index (χ4v) is 2.87. The number of anilines is 1. The van der Waals surface area contributed by atoms with E-state index >= 15 is 0 Å². The molecule has 4 heteroatoms. The molecule has 2 aromatic rings. The summed E-state index contributed by atoms with van der Waals surface area (Å²) in [6, 6.07) is 7.27. The van der Waals surface area contributed by atoms with E-state index in [0.717, 1.165) is 17.2 Å². The first-order chi connectivity index (χ1) is 9.70. The molecule has 1 heterocycles. The second-order valence-corrected chi connectivity index (χ2v) is 5.59. The zero-order chi connectivity index (χ0) is 13.9. The van der Waals surface area contributed by atoms with Gasteiger partial charge in [0.25, 0.3) is 0 Å². The number of rotatable bonds is 4. The third kappa shape index (κ3) is 3.00. The number of imidazole rings is 1. The van der Waals surface area contributed by atoms with Crippen molar-refractivity contribution in [2.24, 2.45) is 0 Å². The van der Waals surface area contributed by atoms with E-state index in [9.17, 15) is 4.39 Å². The van der Waals surface area contributed by atoms with Gasteiger partial charge < -0.3 is 9.88 Å². The zero-order valence-corrected chi connectivity index (χ0v) is 11.8. The Balaban J connectivity index is 1.78. The molecule has 20 heavy (non-hydrogen) atoms. The lowest BCUT2D eigenvalue weighted by atomic mass is 10.2. The molecule has 0 atom stereocenters. The van der Waals surface area contributed by atoms with E-state index < -0.39 is 0 Å². The van der Waals surface area contributed by atoms with Crippen molar-refractivity contribution >= 4 is 5.95 Å². The van der Waals surface area contributed by atoms with Crippen molar-refractivity contribution in [2.45, 2.75) is 45.2 Å². The van der Waals surface area contributed by atoms with Crippen LogP contribution in [0.3, 0.4) is 0 Å². The van der Waals surface area contributed by atoms with Gasteiger partial charge in [0.1, 0.15) is 5.82 Å². The molecule has 1 aliphatic rings. The summed E-state index contributed by atoms with van der Waals surface area (Å²) in [5.74, 6) is 0.711. The van der Waals surface area contributed by atoms with Gasteiger partial charge in [0.15, 0.2) is 0 Å². The summed E-state index contributed by atoms with van der Waals surface area (Å²) < 4.78 is 15.3. The molecular weight excluding hydrogens is 253 g/mol. The molecule has 1 N–H and O–H groups in total. The molecule has 0 amide bonds. The first-order valence-corrected chi connectivity index (χ1v) is 7.25. The van der Waals surface area contributed by atoms with Gasteiger partial charge >= 0.3 is 0 Å². The van der Waals surface area contributed by atoms with E-state index in [4.69, 9.17) is 0 Å². The van der Waals surface area contributed by atoms with E-state index in [1.807, 2.05) is 19.2 Å². The standard InChI is InChI=1S/C16H20FN3/c1-12-10-20(11-13-5-4-6-14(17)9-13)16(18-12)19-15-7-2-3-8-15/h4-6,9-10,15H,2-3,7-8,11H2,1H3,(H,18,19). The minimum Gasteiger partial charge on any atom is -0.353 e. The lowest BCUT2D eigenvalue weighted by Gasteiger charge is -2.14. The van der Waals surface area contributed by atoms with Crippen LogP contribution in [0, 0.1) is 12.7 Å². The fourth-order valence-electron chi connectivity index (χ4n) is 2.87. The van der Waals surface area contributed by atoms with Gasteiger partial charge in [0, 0.05) is 12.2 Å². The predicted molar refractivity (Wildman–Crippen MR) is 78.3 cm³/mol. The Morgan fingerprint density at radius 1 is 1.35 bits per heavy atom. The number of benzene rings is 1. The average Bonchev–Trinajstić information content (AvgIpc) is 3.01. The number of nitrogens with zero attached hydrogens (tertiary/aromatic N) is 2. The van der Waals surface area contributed by atoms with Crippen LogP contribution in [-0.2, 0) is 6.54 Å². The van der Waals surface area contributed by atoms with Crippen LogP contribution in [0.2, 0.25) is 0 Å². The first kappa shape index (κ1) is 13.2. The molecule has 1 fully saturated rings. The van der Waals surface area contributed by atoms with Gasteiger partial charge in [-0.15, -0.1) is 0 Å². The summed E-state index contributed by atoms with van der Waals surface area (Å²) in [5.41, 5.74) is 1.94. The molecule has 0 spiro atoms. The fraction of sp³-hybridized carbons (Fsp3) is 0.438. The summed E-state index contributed by atoms with van der Waals surface area (Å²) in [7, 11) is 0. The Morgan fingerprint density at radius 2 is 2.15 bits per heavy atom. The van der Waals surface area contributed by atoms with Gasteiger partial charge in [0.05, 0.1) is 12.2 Å². The van der Waals surface area contributed by atoms with Crippen LogP contribution < -0.4 is 5.32 Å². The van der Waals surface area contributed by atoms with Crippen LogP contribution in [0.25, 0.3) is 0 Å². The molecule has 0 bridgehead atoms. The highest BCUT2D eigenvalue weighted by atomic mass is 19.1. The summed E-state index contributed by atoms with van der Waals surface area (Å²) in [6.45, 7) is 2.63. The smallest absolute Gasteiger partial charge is 0.203 e. The Kier molecular flexibility index (Phi) is 3.72. The number of nitrogens with one attached hydrogen (secondary N) is 1. The molecule has 106 valence electrons. The summed E-state index contributed by atoms with van der Waals surface area (Å²) in [4.78, 5) is 4.55. The van der Waals surface area contributed by atoms with E-state index in [-0.39, 0.29) is 5.82 Å². The molecule has 0 aliphatic heterocycles. The molecule has 3 nitrogen and oxygen atoms in total. The lowest BCUT2D eigenvalue weighted by molar-refractivity contribution is 0.623. The van der Waals surface area contributed by atoms with Gasteiger partial charge in [-0.2, -0.15) is 0 Å². The Bertz CT molecular complexity index is 585. The average molecular weight is 273 g/mol. The van der Waals surface area contributed by atoms with E-state index in [0.29, 0.717) is 12.6 Å². The van der Waals surface area contributed by atoms with Crippen molar-refractivity contribution in [3.05, 3.63) is 47.5 Å². The third-order valence-electron chi connectivity index (χ3n) is 3.83. The minimum atomic E-state index is -0.190. The second-order valence-electron chi connectivity index (χ2n) is 5.59. The molecule has 0 saturated heterocycles. The number of hydrogen-bond donors (Lipinski definition) is 1. The van der Waals surface area contributed by atoms with Crippen molar-refractivity contribution in [1.82, 2.24) is 9.55 Å². The maximum Gasteiger partial charge on any atom is 0.203 e. The molecule has 1 aromatic heterocycles. The maximum atomic E-state index is 13.3. The molecule has 0 radical (unpaired) electrons. The summed E-state index contributed by atoms with van der Waals surface area (Å²) in [6.07, 6.45) is 7.03. The van der Waals surface area contributed by atoms with Crippen molar-refractivity contribution < 1.29 is 4.39 Å². The molecule has 0 unspecified atom stereocenters. The van der Waals surface area contributed by atoms with Crippen LogP contribution in [0.15, 0.2) is 30.5 Å². The largest absolute Gasteiger partial charge is 0.353 e. The van der Waals surface area contributed by atoms with Gasteiger partial charge in [-0.1, -0.05) is 25.0 Å². The Morgan fingerprint density at radius 3 is 2.90 bits per heavy atom. The highest BCUT2D eigenvalue weighted by Gasteiger charge is 2.17. The van der Waals surface area contributed by atoms with Crippen LogP contribution in [-0.4, -0.2) is 15.6 Å².